The molecule has 1 aromatic heterocycles. The summed E-state index contributed by atoms with van der Waals surface area (Å²) in [5.74, 6) is 0.0715. The van der Waals surface area contributed by atoms with Gasteiger partial charge in [-0.3, -0.25) is 9.69 Å². The van der Waals surface area contributed by atoms with Gasteiger partial charge < -0.3 is 5.11 Å². The van der Waals surface area contributed by atoms with Gasteiger partial charge in [0.1, 0.15) is 0 Å². The second kappa shape index (κ2) is 6.73. The Labute approximate surface area is 123 Å². The van der Waals surface area contributed by atoms with Crippen LogP contribution in [-0.2, 0) is 11.3 Å². The van der Waals surface area contributed by atoms with E-state index in [1.807, 2.05) is 11.4 Å². The second-order valence-electron chi connectivity index (χ2n) is 5.44. The van der Waals surface area contributed by atoms with Gasteiger partial charge in [0.25, 0.3) is 0 Å². The zero-order valence-corrected chi connectivity index (χ0v) is 12.7. The van der Waals surface area contributed by atoms with E-state index in [2.05, 4.69) is 11.8 Å². The lowest BCUT2D eigenvalue weighted by Gasteiger charge is -2.35. The first-order valence-corrected chi connectivity index (χ1v) is 7.97. The fourth-order valence-corrected chi connectivity index (χ4v) is 3.91. The van der Waals surface area contributed by atoms with Gasteiger partial charge in [0.15, 0.2) is 0 Å². The van der Waals surface area contributed by atoms with E-state index in [0.717, 1.165) is 37.5 Å². The number of thiophene rings is 1. The number of hydrogen-bond acceptors (Lipinski definition) is 3. The first-order chi connectivity index (χ1) is 9.04. The molecule has 2 atom stereocenters. The molecule has 3 nitrogen and oxygen atoms in total. The van der Waals surface area contributed by atoms with E-state index in [-0.39, 0.29) is 12.3 Å². The molecule has 0 bridgehead atoms. The number of carboxylic acids is 1. The smallest absolute Gasteiger partial charge is 0.303 e. The number of piperidine rings is 1. The molecule has 2 heterocycles. The van der Waals surface area contributed by atoms with Crippen LogP contribution in [0.1, 0.15) is 31.1 Å². The van der Waals surface area contributed by atoms with Gasteiger partial charge in [-0.05, 0) is 37.3 Å². The van der Waals surface area contributed by atoms with Crippen LogP contribution in [0.2, 0.25) is 5.02 Å². The van der Waals surface area contributed by atoms with Crippen LogP contribution in [0.5, 0.6) is 0 Å². The van der Waals surface area contributed by atoms with Crippen LogP contribution in [0, 0.1) is 11.8 Å². The third-order valence-corrected chi connectivity index (χ3v) is 5.11. The van der Waals surface area contributed by atoms with E-state index in [4.69, 9.17) is 16.7 Å². The van der Waals surface area contributed by atoms with Gasteiger partial charge in [0.05, 0.1) is 5.02 Å². The first-order valence-electron chi connectivity index (χ1n) is 6.71. The van der Waals surface area contributed by atoms with Crippen LogP contribution < -0.4 is 0 Å². The maximum atomic E-state index is 10.8. The van der Waals surface area contributed by atoms with Crippen LogP contribution in [0.3, 0.4) is 0 Å². The normalized spacial score (nSPS) is 22.3. The van der Waals surface area contributed by atoms with Crippen molar-refractivity contribution in [2.24, 2.45) is 11.8 Å². The molecule has 1 aliphatic heterocycles. The molecule has 1 aromatic rings. The van der Waals surface area contributed by atoms with Crippen molar-refractivity contribution in [1.82, 2.24) is 4.90 Å². The zero-order chi connectivity index (χ0) is 13.8. The molecule has 0 spiro atoms. The summed E-state index contributed by atoms with van der Waals surface area (Å²) in [6.45, 7) is 5.10. The largest absolute Gasteiger partial charge is 0.481 e. The van der Waals surface area contributed by atoms with Crippen molar-refractivity contribution in [3.8, 4) is 0 Å². The van der Waals surface area contributed by atoms with Crippen molar-refractivity contribution in [3.05, 3.63) is 21.3 Å². The molecular formula is C14H20ClNO2S. The molecular weight excluding hydrogens is 282 g/mol. The minimum Gasteiger partial charge on any atom is -0.481 e. The summed E-state index contributed by atoms with van der Waals surface area (Å²) < 4.78 is 0. The molecule has 0 amide bonds. The molecule has 19 heavy (non-hydrogen) atoms. The predicted octanol–water partition coefficient (Wildman–Crippen LogP) is 3.72. The average molecular weight is 302 g/mol. The molecule has 1 aliphatic rings. The summed E-state index contributed by atoms with van der Waals surface area (Å²) in [5, 5.41) is 11.7. The summed E-state index contributed by atoms with van der Waals surface area (Å²) in [6, 6.07) is 2.02. The number of hydrogen-bond donors (Lipinski definition) is 1. The maximum Gasteiger partial charge on any atom is 0.303 e. The Balaban J connectivity index is 1.88. The van der Waals surface area contributed by atoms with Gasteiger partial charge in [-0.2, -0.15) is 0 Å². The zero-order valence-electron chi connectivity index (χ0n) is 11.1. The van der Waals surface area contributed by atoms with Gasteiger partial charge in [0, 0.05) is 29.8 Å². The van der Waals surface area contributed by atoms with E-state index in [1.54, 1.807) is 11.3 Å². The molecule has 0 radical (unpaired) electrons. The fourth-order valence-electron chi connectivity index (χ4n) is 2.80. The van der Waals surface area contributed by atoms with E-state index in [0.29, 0.717) is 5.92 Å². The summed E-state index contributed by atoms with van der Waals surface area (Å²) in [4.78, 5) is 14.5. The van der Waals surface area contributed by atoms with Crippen molar-refractivity contribution >= 4 is 28.9 Å². The van der Waals surface area contributed by atoms with Crippen LogP contribution in [0.15, 0.2) is 11.4 Å². The van der Waals surface area contributed by atoms with Crippen LogP contribution >= 0.6 is 22.9 Å². The van der Waals surface area contributed by atoms with E-state index < -0.39 is 5.97 Å². The molecule has 0 aromatic carbocycles. The van der Waals surface area contributed by atoms with Crippen molar-refractivity contribution in [2.75, 3.05) is 13.1 Å². The first kappa shape index (κ1) is 14.8. The Kier molecular flexibility index (Phi) is 5.25. The molecule has 106 valence electrons. The van der Waals surface area contributed by atoms with E-state index in [1.165, 1.54) is 4.88 Å². The monoisotopic (exact) mass is 301 g/mol. The average Bonchev–Trinajstić information content (AvgIpc) is 2.74. The highest BCUT2D eigenvalue weighted by molar-refractivity contribution is 7.10. The molecule has 0 saturated carbocycles. The van der Waals surface area contributed by atoms with E-state index >= 15 is 0 Å². The molecule has 1 N–H and O–H groups in total. The Hall–Kier alpha value is -0.580. The highest BCUT2D eigenvalue weighted by atomic mass is 35.5. The summed E-state index contributed by atoms with van der Waals surface area (Å²) in [6.07, 6.45) is 2.59. The lowest BCUT2D eigenvalue weighted by atomic mass is 9.84. The third kappa shape index (κ3) is 4.48. The lowest BCUT2D eigenvalue weighted by molar-refractivity contribution is -0.138. The molecule has 5 heteroatoms. The number of likely N-dealkylation sites (tertiary alicyclic amines) is 1. The van der Waals surface area contributed by atoms with Crippen molar-refractivity contribution < 1.29 is 9.90 Å². The van der Waals surface area contributed by atoms with Crippen molar-refractivity contribution in [2.45, 2.75) is 32.7 Å². The van der Waals surface area contributed by atoms with Gasteiger partial charge >= 0.3 is 5.97 Å². The predicted molar refractivity (Wildman–Crippen MR) is 78.7 cm³/mol. The van der Waals surface area contributed by atoms with Crippen LogP contribution in [0.25, 0.3) is 0 Å². The molecule has 2 rings (SSSR count). The van der Waals surface area contributed by atoms with Gasteiger partial charge in [-0.25, -0.2) is 0 Å². The number of rotatable bonds is 5. The minimum atomic E-state index is -0.685. The summed E-state index contributed by atoms with van der Waals surface area (Å²) >= 11 is 7.64. The third-order valence-electron chi connectivity index (χ3n) is 3.84. The number of halogens is 1. The van der Waals surface area contributed by atoms with Crippen LogP contribution in [-0.4, -0.2) is 29.1 Å². The molecule has 0 aliphatic carbocycles. The fraction of sp³-hybridized carbons (Fsp3) is 0.643. The Morgan fingerprint density at radius 2 is 2.47 bits per heavy atom. The highest BCUT2D eigenvalue weighted by Crippen LogP contribution is 2.28. The summed E-state index contributed by atoms with van der Waals surface area (Å²) in [5.41, 5.74) is 0. The van der Waals surface area contributed by atoms with Gasteiger partial charge in [-0.1, -0.05) is 18.5 Å². The van der Waals surface area contributed by atoms with Crippen LogP contribution in [0.4, 0.5) is 0 Å². The molecule has 1 saturated heterocycles. The number of nitrogens with zero attached hydrogens (tertiary/aromatic N) is 1. The molecule has 2 unspecified atom stereocenters. The van der Waals surface area contributed by atoms with E-state index in [9.17, 15) is 4.79 Å². The number of aliphatic carboxylic acids is 1. The maximum absolute atomic E-state index is 10.8. The SMILES string of the molecule is CC(CC(=O)O)C1CCCN(Cc2cc(Cl)cs2)C1. The van der Waals surface area contributed by atoms with Gasteiger partial charge in [-0.15, -0.1) is 11.3 Å². The quantitative estimate of drug-likeness (QED) is 0.901. The Morgan fingerprint density at radius 3 is 3.11 bits per heavy atom. The van der Waals surface area contributed by atoms with Crippen molar-refractivity contribution in [1.29, 1.82) is 0 Å². The Bertz CT molecular complexity index is 435. The minimum absolute atomic E-state index is 0.257. The standard InChI is InChI=1S/C14H20ClNO2S/c1-10(5-14(17)18)11-3-2-4-16(7-11)8-13-6-12(15)9-19-13/h6,9-11H,2-5,7-8H2,1H3,(H,17,18). The molecule has 1 fully saturated rings. The lowest BCUT2D eigenvalue weighted by Crippen LogP contribution is -2.37. The number of carbonyl (C=O) groups is 1. The summed E-state index contributed by atoms with van der Waals surface area (Å²) in [7, 11) is 0. The second-order valence-corrected chi connectivity index (χ2v) is 6.88. The topological polar surface area (TPSA) is 40.5 Å². The number of carboxylic acid groups (broad SMARTS) is 1. The highest BCUT2D eigenvalue weighted by Gasteiger charge is 2.26. The van der Waals surface area contributed by atoms with Crippen molar-refractivity contribution in [3.63, 3.8) is 0 Å². The Morgan fingerprint density at radius 1 is 1.68 bits per heavy atom. The van der Waals surface area contributed by atoms with Gasteiger partial charge in [0.2, 0.25) is 0 Å².